The highest BCUT2D eigenvalue weighted by atomic mass is 16.5. The molecule has 33 heavy (non-hydrogen) atoms. The second-order valence-corrected chi connectivity index (χ2v) is 8.31. The van der Waals surface area contributed by atoms with Gasteiger partial charge in [0.05, 0.1) is 20.2 Å². The van der Waals surface area contributed by atoms with Crippen molar-refractivity contribution in [1.29, 1.82) is 0 Å². The summed E-state index contributed by atoms with van der Waals surface area (Å²) in [5, 5.41) is 6.48. The smallest absolute Gasteiger partial charge is 0.271 e. The topological polar surface area (TPSA) is 92.7 Å². The van der Waals surface area contributed by atoms with Crippen LogP contribution in [-0.2, 0) is 22.7 Å². The Kier molecular flexibility index (Phi) is 6.09. The van der Waals surface area contributed by atoms with Crippen LogP contribution in [0.25, 0.3) is 10.9 Å². The summed E-state index contributed by atoms with van der Waals surface area (Å²) in [4.78, 5) is 40.4. The van der Waals surface area contributed by atoms with Crippen LogP contribution < -0.4 is 15.4 Å². The quantitative estimate of drug-likeness (QED) is 0.580. The van der Waals surface area contributed by atoms with Crippen molar-refractivity contribution >= 4 is 28.6 Å². The largest absolute Gasteiger partial charge is 0.497 e. The molecule has 0 bridgehead atoms. The summed E-state index contributed by atoms with van der Waals surface area (Å²) in [5.41, 5.74) is 1.25. The van der Waals surface area contributed by atoms with Crippen LogP contribution in [0.4, 0.5) is 0 Å². The van der Waals surface area contributed by atoms with E-state index in [0.717, 1.165) is 16.5 Å². The Bertz CT molecular complexity index is 1220. The summed E-state index contributed by atoms with van der Waals surface area (Å²) >= 11 is 0. The Labute approximate surface area is 192 Å². The lowest BCUT2D eigenvalue weighted by Crippen LogP contribution is -2.64. The molecule has 3 amide bonds. The average Bonchev–Trinajstić information content (AvgIpc) is 3.20. The van der Waals surface area contributed by atoms with E-state index in [2.05, 4.69) is 10.6 Å². The fourth-order valence-electron chi connectivity index (χ4n) is 4.40. The molecule has 1 aromatic heterocycles. The number of nitrogens with one attached hydrogen (secondary N) is 2. The summed E-state index contributed by atoms with van der Waals surface area (Å²) < 4.78 is 7.09. The van der Waals surface area contributed by atoms with E-state index in [1.165, 1.54) is 0 Å². The molecule has 2 aromatic carbocycles. The van der Waals surface area contributed by atoms with Crippen LogP contribution in [0.3, 0.4) is 0 Å². The second kappa shape index (κ2) is 8.97. The van der Waals surface area contributed by atoms with Gasteiger partial charge in [-0.2, -0.15) is 0 Å². The van der Waals surface area contributed by atoms with Crippen molar-refractivity contribution in [3.05, 3.63) is 65.9 Å². The third-order valence-electron chi connectivity index (χ3n) is 6.18. The number of carbonyl (C=O) groups is 3. The van der Waals surface area contributed by atoms with Crippen molar-refractivity contribution in [1.82, 2.24) is 20.1 Å². The Hall–Kier alpha value is -3.81. The second-order valence-electron chi connectivity index (χ2n) is 8.31. The number of hydrogen-bond donors (Lipinski definition) is 2. The first-order valence-corrected chi connectivity index (χ1v) is 11.0. The highest BCUT2D eigenvalue weighted by Crippen LogP contribution is 2.32. The predicted octanol–water partition coefficient (Wildman–Crippen LogP) is 2.32. The van der Waals surface area contributed by atoms with E-state index >= 15 is 0 Å². The molecule has 0 fully saturated rings. The number of para-hydroxylation sites is 1. The van der Waals surface area contributed by atoms with E-state index < -0.39 is 5.54 Å². The third kappa shape index (κ3) is 4.16. The molecule has 8 heteroatoms. The number of ether oxygens (including phenoxy) is 1. The first-order chi connectivity index (χ1) is 15.9. The molecule has 1 aliphatic heterocycles. The van der Waals surface area contributed by atoms with Gasteiger partial charge in [0.2, 0.25) is 11.8 Å². The molecule has 1 atom stereocenters. The molecule has 1 aliphatic rings. The van der Waals surface area contributed by atoms with Gasteiger partial charge in [-0.1, -0.05) is 30.3 Å². The van der Waals surface area contributed by atoms with Gasteiger partial charge in [-0.15, -0.1) is 0 Å². The number of carbonyl (C=O) groups excluding carboxylic acids is 3. The summed E-state index contributed by atoms with van der Waals surface area (Å²) in [7, 11) is 1.59. The van der Waals surface area contributed by atoms with E-state index in [4.69, 9.17) is 4.74 Å². The Morgan fingerprint density at radius 3 is 2.64 bits per heavy atom. The lowest BCUT2D eigenvalue weighted by atomic mass is 9.95. The Morgan fingerprint density at radius 1 is 1.09 bits per heavy atom. The molecule has 2 heterocycles. The standard InChI is InChI=1S/C25H28N4O4/c1-4-29-23(31)21-13-18-9-5-6-11-20(18)28(21)16-25(29,2)24(32)27-15-22(30)26-14-17-8-7-10-19(12-17)33-3/h5-13H,4,14-16H2,1-3H3,(H,26,30)(H,27,32)/t25-/m1/s1. The van der Waals surface area contributed by atoms with Crippen LogP contribution >= 0.6 is 0 Å². The van der Waals surface area contributed by atoms with Gasteiger partial charge in [0.1, 0.15) is 17.0 Å². The van der Waals surface area contributed by atoms with Crippen molar-refractivity contribution in [2.24, 2.45) is 0 Å². The fraction of sp³-hybridized carbons (Fsp3) is 0.320. The number of likely N-dealkylation sites (N-methyl/N-ethyl adjacent to an activating group) is 1. The number of nitrogens with zero attached hydrogens (tertiary/aromatic N) is 2. The molecule has 0 saturated heterocycles. The van der Waals surface area contributed by atoms with Gasteiger partial charge < -0.3 is 24.8 Å². The average molecular weight is 449 g/mol. The van der Waals surface area contributed by atoms with E-state index in [1.807, 2.05) is 66.1 Å². The minimum absolute atomic E-state index is 0.177. The fourth-order valence-corrected chi connectivity index (χ4v) is 4.40. The highest BCUT2D eigenvalue weighted by molar-refractivity contribution is 6.04. The van der Waals surface area contributed by atoms with E-state index in [1.54, 1.807) is 18.9 Å². The molecule has 4 rings (SSSR count). The van der Waals surface area contributed by atoms with E-state index in [-0.39, 0.29) is 24.3 Å². The van der Waals surface area contributed by atoms with Crippen molar-refractivity contribution in [3.8, 4) is 5.75 Å². The molecule has 0 radical (unpaired) electrons. The predicted molar refractivity (Wildman–Crippen MR) is 125 cm³/mol. The lowest BCUT2D eigenvalue weighted by Gasteiger charge is -2.43. The molecular weight excluding hydrogens is 420 g/mol. The number of fused-ring (bicyclic) bond motifs is 3. The number of methoxy groups -OCH3 is 1. The Balaban J connectivity index is 1.45. The van der Waals surface area contributed by atoms with Crippen LogP contribution in [0.1, 0.15) is 29.9 Å². The minimum atomic E-state index is -1.12. The van der Waals surface area contributed by atoms with Gasteiger partial charge in [-0.3, -0.25) is 14.4 Å². The highest BCUT2D eigenvalue weighted by Gasteiger charge is 2.46. The number of hydrogen-bond acceptors (Lipinski definition) is 4. The van der Waals surface area contributed by atoms with Crippen molar-refractivity contribution in [2.45, 2.75) is 32.5 Å². The first kappa shape index (κ1) is 22.4. The van der Waals surface area contributed by atoms with Gasteiger partial charge in [-0.25, -0.2) is 0 Å². The number of benzene rings is 2. The summed E-state index contributed by atoms with van der Waals surface area (Å²) in [6.45, 7) is 4.43. The van der Waals surface area contributed by atoms with Crippen LogP contribution in [0, 0.1) is 0 Å². The minimum Gasteiger partial charge on any atom is -0.497 e. The van der Waals surface area contributed by atoms with Gasteiger partial charge in [-0.05, 0) is 43.7 Å². The normalized spacial score (nSPS) is 17.5. The zero-order valence-corrected chi connectivity index (χ0v) is 19.1. The lowest BCUT2D eigenvalue weighted by molar-refractivity contribution is -0.134. The maximum Gasteiger partial charge on any atom is 0.271 e. The monoisotopic (exact) mass is 448 g/mol. The molecular formula is C25H28N4O4. The number of rotatable bonds is 7. The molecule has 3 aromatic rings. The van der Waals surface area contributed by atoms with Crippen LogP contribution in [0.15, 0.2) is 54.6 Å². The molecule has 172 valence electrons. The van der Waals surface area contributed by atoms with Crippen molar-refractivity contribution in [3.63, 3.8) is 0 Å². The summed E-state index contributed by atoms with van der Waals surface area (Å²) in [5.74, 6) is -0.161. The molecule has 8 nitrogen and oxygen atoms in total. The first-order valence-electron chi connectivity index (χ1n) is 11.0. The number of amides is 3. The van der Waals surface area contributed by atoms with Gasteiger partial charge >= 0.3 is 0 Å². The van der Waals surface area contributed by atoms with Crippen LogP contribution in [0.2, 0.25) is 0 Å². The van der Waals surface area contributed by atoms with Crippen molar-refractivity contribution < 1.29 is 19.1 Å². The van der Waals surface area contributed by atoms with Gasteiger partial charge in [0.25, 0.3) is 5.91 Å². The summed E-state index contributed by atoms with van der Waals surface area (Å²) in [6.07, 6.45) is 0. The maximum absolute atomic E-state index is 13.2. The van der Waals surface area contributed by atoms with Gasteiger partial charge in [0.15, 0.2) is 0 Å². The number of aromatic nitrogens is 1. The zero-order chi connectivity index (χ0) is 23.6. The van der Waals surface area contributed by atoms with E-state index in [9.17, 15) is 14.4 Å². The SMILES string of the molecule is CCN1C(=O)c2cc3ccccc3n2C[C@]1(C)C(=O)NCC(=O)NCc1cccc(OC)c1. The van der Waals surface area contributed by atoms with Crippen LogP contribution in [0.5, 0.6) is 5.75 Å². The zero-order valence-electron chi connectivity index (χ0n) is 19.1. The summed E-state index contributed by atoms with van der Waals surface area (Å²) in [6, 6.07) is 17.0. The third-order valence-corrected chi connectivity index (χ3v) is 6.18. The Morgan fingerprint density at radius 2 is 1.88 bits per heavy atom. The molecule has 0 aliphatic carbocycles. The van der Waals surface area contributed by atoms with Crippen LogP contribution in [-0.4, -0.2) is 52.9 Å². The van der Waals surface area contributed by atoms with Gasteiger partial charge in [0, 0.05) is 24.0 Å². The molecule has 0 saturated carbocycles. The molecule has 0 spiro atoms. The maximum atomic E-state index is 13.2. The molecule has 2 N–H and O–H groups in total. The van der Waals surface area contributed by atoms with Crippen molar-refractivity contribution in [2.75, 3.05) is 20.2 Å². The molecule has 0 unspecified atom stereocenters. The van der Waals surface area contributed by atoms with E-state index in [0.29, 0.717) is 31.1 Å².